The summed E-state index contributed by atoms with van der Waals surface area (Å²) in [6.45, 7) is 3.71. The lowest BCUT2D eigenvalue weighted by Crippen LogP contribution is -2.20. The number of carbonyl (C=O) groups is 1. The molecule has 0 saturated carbocycles. The molecule has 30 heavy (non-hydrogen) atoms. The Hall–Kier alpha value is -2.91. The molecule has 0 aliphatic rings. The first-order valence-corrected chi connectivity index (χ1v) is 10.7. The van der Waals surface area contributed by atoms with Crippen molar-refractivity contribution < 1.29 is 14.3 Å². The van der Waals surface area contributed by atoms with Crippen molar-refractivity contribution in [1.82, 2.24) is 4.98 Å². The van der Waals surface area contributed by atoms with Gasteiger partial charge >= 0.3 is 0 Å². The van der Waals surface area contributed by atoms with Crippen LogP contribution in [-0.2, 0) is 4.79 Å². The number of para-hydroxylation sites is 1. The molecule has 1 heterocycles. The molecule has 0 aliphatic heterocycles. The fraction of sp³-hybridized carbons (Fsp3) is 0.190. The number of thiazole rings is 1. The van der Waals surface area contributed by atoms with Gasteiger partial charge in [-0.3, -0.25) is 10.2 Å². The van der Waals surface area contributed by atoms with E-state index in [1.165, 1.54) is 11.3 Å². The number of methoxy groups -OCH3 is 1. The number of halogens is 1. The molecule has 0 spiro atoms. The van der Waals surface area contributed by atoms with Gasteiger partial charge < -0.3 is 14.8 Å². The molecule has 7 nitrogen and oxygen atoms in total. The number of benzene rings is 2. The highest BCUT2D eigenvalue weighted by Gasteiger charge is 2.12. The first-order valence-electron chi connectivity index (χ1n) is 9.03. The number of hydrazone groups is 1. The predicted octanol–water partition coefficient (Wildman–Crippen LogP) is 4.99. The van der Waals surface area contributed by atoms with Crippen LogP contribution in [0.3, 0.4) is 0 Å². The smallest absolute Gasteiger partial charge is 0.262 e. The Morgan fingerprint density at radius 1 is 1.27 bits per heavy atom. The standard InChI is InChI=1S/C21H21BrN4O3S/c1-13-6-4-5-7-17(13)25-20(27)11-29-19-9-16(22)15(8-18(19)28-3)10-23-26-21-24-14(2)12-30-21/h4-10,12H,11H2,1-3H3,(H,24,26)(H,25,27). The Morgan fingerprint density at radius 2 is 2.07 bits per heavy atom. The van der Waals surface area contributed by atoms with Gasteiger partial charge in [0.25, 0.3) is 5.91 Å². The van der Waals surface area contributed by atoms with Gasteiger partial charge in [-0.2, -0.15) is 5.10 Å². The Balaban J connectivity index is 1.64. The lowest BCUT2D eigenvalue weighted by molar-refractivity contribution is -0.118. The van der Waals surface area contributed by atoms with E-state index in [1.54, 1.807) is 25.5 Å². The number of anilines is 2. The molecule has 2 N–H and O–H groups in total. The summed E-state index contributed by atoms with van der Waals surface area (Å²) in [7, 11) is 1.54. The highest BCUT2D eigenvalue weighted by molar-refractivity contribution is 9.10. The van der Waals surface area contributed by atoms with Crippen molar-refractivity contribution >= 4 is 50.2 Å². The SMILES string of the molecule is COc1cc(C=NNc2nc(C)cs2)c(Br)cc1OCC(=O)Nc1ccccc1C. The Labute approximate surface area is 187 Å². The van der Waals surface area contributed by atoms with E-state index < -0.39 is 0 Å². The number of aryl methyl sites for hydroxylation is 2. The first-order chi connectivity index (χ1) is 14.5. The van der Waals surface area contributed by atoms with Crippen molar-refractivity contribution in [2.24, 2.45) is 5.10 Å². The summed E-state index contributed by atoms with van der Waals surface area (Å²) in [5.41, 5.74) is 6.35. The average Bonchev–Trinajstić information content (AvgIpc) is 3.14. The molecule has 0 radical (unpaired) electrons. The number of amides is 1. The van der Waals surface area contributed by atoms with Gasteiger partial charge in [0.2, 0.25) is 5.13 Å². The van der Waals surface area contributed by atoms with E-state index in [9.17, 15) is 4.79 Å². The van der Waals surface area contributed by atoms with E-state index in [4.69, 9.17) is 9.47 Å². The van der Waals surface area contributed by atoms with E-state index in [2.05, 4.69) is 36.8 Å². The number of aromatic nitrogens is 1. The van der Waals surface area contributed by atoms with Gasteiger partial charge in [0.05, 0.1) is 19.0 Å². The third-order valence-electron chi connectivity index (χ3n) is 4.04. The summed E-state index contributed by atoms with van der Waals surface area (Å²) in [6, 6.07) is 11.1. The number of hydrogen-bond acceptors (Lipinski definition) is 7. The highest BCUT2D eigenvalue weighted by Crippen LogP contribution is 2.33. The van der Waals surface area contributed by atoms with Crippen LogP contribution in [0, 0.1) is 13.8 Å². The maximum Gasteiger partial charge on any atom is 0.262 e. The first kappa shape index (κ1) is 21.8. The average molecular weight is 489 g/mol. The maximum absolute atomic E-state index is 12.2. The van der Waals surface area contributed by atoms with Crippen LogP contribution in [0.25, 0.3) is 0 Å². The third kappa shape index (κ3) is 5.80. The molecule has 9 heteroatoms. The zero-order valence-corrected chi connectivity index (χ0v) is 19.1. The van der Waals surface area contributed by atoms with E-state index >= 15 is 0 Å². The second kappa shape index (κ2) is 10.2. The van der Waals surface area contributed by atoms with Crippen molar-refractivity contribution in [3.05, 3.63) is 63.1 Å². The van der Waals surface area contributed by atoms with E-state index in [0.717, 1.165) is 27.0 Å². The molecule has 0 bridgehead atoms. The molecule has 0 atom stereocenters. The number of nitrogens with zero attached hydrogens (tertiary/aromatic N) is 2. The normalized spacial score (nSPS) is 10.8. The molecule has 0 aliphatic carbocycles. The van der Waals surface area contributed by atoms with Crippen LogP contribution in [0.15, 0.2) is 51.4 Å². The maximum atomic E-state index is 12.2. The van der Waals surface area contributed by atoms with Crippen molar-refractivity contribution in [2.45, 2.75) is 13.8 Å². The topological polar surface area (TPSA) is 84.8 Å². The van der Waals surface area contributed by atoms with Crippen LogP contribution < -0.4 is 20.2 Å². The Morgan fingerprint density at radius 3 is 2.77 bits per heavy atom. The van der Waals surface area contributed by atoms with Crippen LogP contribution in [0.5, 0.6) is 11.5 Å². The minimum absolute atomic E-state index is 0.143. The van der Waals surface area contributed by atoms with E-state index in [-0.39, 0.29) is 12.5 Å². The number of hydrogen-bond donors (Lipinski definition) is 2. The molecule has 3 rings (SSSR count). The minimum atomic E-state index is -0.254. The zero-order chi connectivity index (χ0) is 21.5. The molecule has 1 aromatic heterocycles. The summed E-state index contributed by atoms with van der Waals surface area (Å²) < 4.78 is 11.8. The summed E-state index contributed by atoms with van der Waals surface area (Å²) in [5, 5.41) is 9.70. The minimum Gasteiger partial charge on any atom is -0.493 e. The molecule has 0 saturated heterocycles. The van der Waals surface area contributed by atoms with Crippen LogP contribution in [0.4, 0.5) is 10.8 Å². The van der Waals surface area contributed by atoms with Gasteiger partial charge in [0, 0.05) is 21.1 Å². The van der Waals surface area contributed by atoms with E-state index in [0.29, 0.717) is 16.6 Å². The largest absolute Gasteiger partial charge is 0.493 e. The number of carbonyl (C=O) groups excluding carboxylic acids is 1. The summed E-state index contributed by atoms with van der Waals surface area (Å²) in [6.07, 6.45) is 1.65. The van der Waals surface area contributed by atoms with Gasteiger partial charge in [-0.05, 0) is 53.5 Å². The third-order valence-corrected chi connectivity index (χ3v) is 5.60. The number of nitrogens with one attached hydrogen (secondary N) is 2. The fourth-order valence-corrected chi connectivity index (χ4v) is 3.59. The van der Waals surface area contributed by atoms with Crippen molar-refractivity contribution in [3.8, 4) is 11.5 Å². The van der Waals surface area contributed by atoms with Crippen molar-refractivity contribution in [1.29, 1.82) is 0 Å². The summed E-state index contributed by atoms with van der Waals surface area (Å²) >= 11 is 4.98. The fourth-order valence-electron chi connectivity index (χ4n) is 2.53. The van der Waals surface area contributed by atoms with Gasteiger partial charge in [-0.1, -0.05) is 18.2 Å². The van der Waals surface area contributed by atoms with E-state index in [1.807, 2.05) is 43.5 Å². The molecular weight excluding hydrogens is 468 g/mol. The Kier molecular flexibility index (Phi) is 7.42. The molecule has 1 amide bonds. The molecule has 2 aromatic carbocycles. The van der Waals surface area contributed by atoms with Crippen molar-refractivity contribution in [2.75, 3.05) is 24.5 Å². The van der Waals surface area contributed by atoms with Crippen LogP contribution >= 0.6 is 27.3 Å². The summed E-state index contributed by atoms with van der Waals surface area (Å²) in [5.74, 6) is 0.689. The second-order valence-corrected chi connectivity index (χ2v) is 8.05. The molecule has 0 unspecified atom stereocenters. The van der Waals surface area contributed by atoms with Gasteiger partial charge in [-0.15, -0.1) is 11.3 Å². The second-order valence-electron chi connectivity index (χ2n) is 6.34. The monoisotopic (exact) mass is 488 g/mol. The highest BCUT2D eigenvalue weighted by atomic mass is 79.9. The molecular formula is C21H21BrN4O3S. The molecule has 156 valence electrons. The van der Waals surface area contributed by atoms with Gasteiger partial charge in [0.1, 0.15) is 0 Å². The number of ether oxygens (including phenoxy) is 2. The number of rotatable bonds is 8. The quantitative estimate of drug-likeness (QED) is 0.344. The van der Waals surface area contributed by atoms with Crippen LogP contribution in [-0.4, -0.2) is 30.8 Å². The summed E-state index contributed by atoms with van der Waals surface area (Å²) in [4.78, 5) is 16.5. The zero-order valence-electron chi connectivity index (χ0n) is 16.7. The van der Waals surface area contributed by atoms with Gasteiger partial charge in [0.15, 0.2) is 18.1 Å². The lowest BCUT2D eigenvalue weighted by atomic mass is 10.2. The van der Waals surface area contributed by atoms with Crippen molar-refractivity contribution in [3.63, 3.8) is 0 Å². The van der Waals surface area contributed by atoms with Crippen LogP contribution in [0.1, 0.15) is 16.8 Å². The lowest BCUT2D eigenvalue weighted by Gasteiger charge is -2.13. The predicted molar refractivity (Wildman–Crippen MR) is 124 cm³/mol. The molecule has 0 fully saturated rings. The van der Waals surface area contributed by atoms with Gasteiger partial charge in [-0.25, -0.2) is 4.98 Å². The Bertz CT molecular complexity index is 1070. The van der Waals surface area contributed by atoms with Crippen LogP contribution in [0.2, 0.25) is 0 Å². The molecule has 3 aromatic rings.